The van der Waals surface area contributed by atoms with Gasteiger partial charge in [-0.3, -0.25) is 4.79 Å². The van der Waals surface area contributed by atoms with Crippen molar-refractivity contribution < 1.29 is 14.3 Å². The van der Waals surface area contributed by atoms with Gasteiger partial charge in [-0.15, -0.1) is 10.2 Å². The van der Waals surface area contributed by atoms with E-state index in [1.54, 1.807) is 24.3 Å². The van der Waals surface area contributed by atoms with Crippen LogP contribution in [0.1, 0.15) is 11.1 Å². The van der Waals surface area contributed by atoms with Gasteiger partial charge in [0.25, 0.3) is 5.91 Å². The van der Waals surface area contributed by atoms with Gasteiger partial charge in [0.05, 0.1) is 0 Å². The van der Waals surface area contributed by atoms with E-state index >= 15 is 0 Å². The molecule has 3 rings (SSSR count). The van der Waals surface area contributed by atoms with Crippen molar-refractivity contribution in [3.63, 3.8) is 0 Å². The van der Waals surface area contributed by atoms with Crippen LogP contribution in [0, 0.1) is 6.92 Å². The topological polar surface area (TPSA) is 99.0 Å². The van der Waals surface area contributed by atoms with E-state index in [-0.39, 0.29) is 19.1 Å². The normalized spacial score (nSPS) is 10.6. The third-order valence-electron chi connectivity index (χ3n) is 4.17. The molecule has 0 saturated heterocycles. The molecule has 1 aromatic heterocycles. The number of tetrazole rings is 1. The Balaban J connectivity index is 1.40. The van der Waals surface area contributed by atoms with Crippen LogP contribution in [-0.4, -0.2) is 45.2 Å². The number of hydrogen-bond acceptors (Lipinski definition) is 6. The monoisotopic (exact) mass is 413 g/mol. The molecular weight excluding hydrogens is 394 g/mol. The average molecular weight is 414 g/mol. The van der Waals surface area contributed by atoms with Gasteiger partial charge in [0, 0.05) is 17.1 Å². The number of aromatic nitrogens is 4. The first-order valence-corrected chi connectivity index (χ1v) is 9.39. The Morgan fingerprint density at radius 3 is 2.66 bits per heavy atom. The zero-order valence-electron chi connectivity index (χ0n) is 15.8. The number of aryl methyl sites for hydroxylation is 1. The first-order chi connectivity index (χ1) is 14.0. The summed E-state index contributed by atoms with van der Waals surface area (Å²) >= 11 is 5.85. The molecule has 9 heteroatoms. The Morgan fingerprint density at radius 1 is 1.14 bits per heavy atom. The van der Waals surface area contributed by atoms with E-state index in [2.05, 4.69) is 20.7 Å². The van der Waals surface area contributed by atoms with Gasteiger partial charge in [-0.1, -0.05) is 35.9 Å². The van der Waals surface area contributed by atoms with Crippen LogP contribution >= 0.6 is 11.6 Å². The summed E-state index contributed by atoms with van der Waals surface area (Å²) in [4.78, 5) is 24.9. The molecule has 2 aromatic carbocycles. The summed E-state index contributed by atoms with van der Waals surface area (Å²) < 4.78 is 4.97. The molecule has 3 aromatic rings. The third kappa shape index (κ3) is 6.11. The van der Waals surface area contributed by atoms with Crippen LogP contribution in [0.2, 0.25) is 5.02 Å². The molecule has 0 aliphatic rings. The molecule has 1 heterocycles. The van der Waals surface area contributed by atoms with Crippen LogP contribution in [0.15, 0.2) is 48.5 Å². The second-order valence-corrected chi connectivity index (χ2v) is 6.77. The standard InChI is InChI=1S/C20H20ClN5O3/c1-14-4-2-3-5-15(14)10-11-22-18(27)13-29-19(28)12-26-24-20(23-25-26)16-6-8-17(21)9-7-16/h2-9H,10-13H2,1H3,(H,22,27). The molecule has 0 fully saturated rings. The molecule has 0 unspecified atom stereocenters. The van der Waals surface area contributed by atoms with Gasteiger partial charge in [-0.05, 0) is 54.0 Å². The van der Waals surface area contributed by atoms with Crippen LogP contribution in [-0.2, 0) is 27.3 Å². The maximum Gasteiger partial charge on any atom is 0.330 e. The Hall–Kier alpha value is -3.26. The number of carbonyl (C=O) groups is 2. The quantitative estimate of drug-likeness (QED) is 0.568. The number of carbonyl (C=O) groups excluding carboxylic acids is 2. The number of hydrogen-bond donors (Lipinski definition) is 1. The molecular formula is C20H20ClN5O3. The Morgan fingerprint density at radius 2 is 1.90 bits per heavy atom. The number of nitrogens with one attached hydrogen (secondary N) is 1. The minimum Gasteiger partial charge on any atom is -0.454 e. The maximum absolute atomic E-state index is 11.9. The zero-order chi connectivity index (χ0) is 20.6. The first kappa shape index (κ1) is 20.5. The summed E-state index contributed by atoms with van der Waals surface area (Å²) in [5.41, 5.74) is 3.06. The van der Waals surface area contributed by atoms with Gasteiger partial charge >= 0.3 is 5.97 Å². The molecule has 0 aliphatic heterocycles. The molecule has 0 spiro atoms. The minimum absolute atomic E-state index is 0.239. The van der Waals surface area contributed by atoms with Crippen molar-refractivity contribution >= 4 is 23.5 Å². The number of ether oxygens (including phenoxy) is 1. The summed E-state index contributed by atoms with van der Waals surface area (Å²) in [6.07, 6.45) is 0.711. The summed E-state index contributed by atoms with van der Waals surface area (Å²) in [5, 5.41) is 15.2. The first-order valence-electron chi connectivity index (χ1n) is 9.02. The molecule has 0 aliphatic carbocycles. The fourth-order valence-electron chi connectivity index (χ4n) is 2.61. The molecule has 29 heavy (non-hydrogen) atoms. The molecule has 1 amide bonds. The van der Waals surface area contributed by atoms with E-state index in [1.807, 2.05) is 31.2 Å². The number of esters is 1. The number of benzene rings is 2. The van der Waals surface area contributed by atoms with Crippen LogP contribution in [0.4, 0.5) is 0 Å². The fourth-order valence-corrected chi connectivity index (χ4v) is 2.74. The lowest BCUT2D eigenvalue weighted by Gasteiger charge is -2.08. The van der Waals surface area contributed by atoms with E-state index in [9.17, 15) is 9.59 Å². The van der Waals surface area contributed by atoms with Gasteiger partial charge in [0.2, 0.25) is 5.82 Å². The lowest BCUT2D eigenvalue weighted by molar-refractivity contribution is -0.149. The largest absolute Gasteiger partial charge is 0.454 e. The van der Waals surface area contributed by atoms with Crippen molar-refractivity contribution in [2.24, 2.45) is 0 Å². The number of halogens is 1. The van der Waals surface area contributed by atoms with Gasteiger partial charge in [-0.2, -0.15) is 4.80 Å². The molecule has 0 atom stereocenters. The zero-order valence-corrected chi connectivity index (χ0v) is 16.6. The predicted octanol–water partition coefficient (Wildman–Crippen LogP) is 2.20. The summed E-state index contributed by atoms with van der Waals surface area (Å²) in [6.45, 7) is 1.90. The summed E-state index contributed by atoms with van der Waals surface area (Å²) in [5.74, 6) is -0.622. The van der Waals surface area contributed by atoms with E-state index in [4.69, 9.17) is 16.3 Å². The maximum atomic E-state index is 11.9. The second kappa shape index (κ2) is 9.79. The molecule has 150 valence electrons. The van der Waals surface area contributed by atoms with Crippen molar-refractivity contribution in [3.05, 3.63) is 64.7 Å². The Kier molecular flexibility index (Phi) is 6.91. The second-order valence-electron chi connectivity index (χ2n) is 6.34. The lowest BCUT2D eigenvalue weighted by atomic mass is 10.1. The highest BCUT2D eigenvalue weighted by Gasteiger charge is 2.12. The van der Waals surface area contributed by atoms with Crippen LogP contribution < -0.4 is 5.32 Å². The summed E-state index contributed by atoms with van der Waals surface area (Å²) in [7, 11) is 0. The van der Waals surface area contributed by atoms with E-state index in [0.29, 0.717) is 23.8 Å². The van der Waals surface area contributed by atoms with Crippen molar-refractivity contribution in [2.75, 3.05) is 13.2 Å². The molecule has 1 N–H and O–H groups in total. The Labute approximate surface area is 172 Å². The van der Waals surface area contributed by atoms with E-state index < -0.39 is 5.97 Å². The highest BCUT2D eigenvalue weighted by atomic mass is 35.5. The SMILES string of the molecule is Cc1ccccc1CCNC(=O)COC(=O)Cn1nnc(-c2ccc(Cl)cc2)n1. The minimum atomic E-state index is -0.626. The summed E-state index contributed by atoms with van der Waals surface area (Å²) in [6, 6.07) is 14.9. The van der Waals surface area contributed by atoms with Crippen molar-refractivity contribution in [2.45, 2.75) is 19.9 Å². The molecule has 0 saturated carbocycles. The smallest absolute Gasteiger partial charge is 0.330 e. The van der Waals surface area contributed by atoms with Crippen molar-refractivity contribution in [1.82, 2.24) is 25.5 Å². The number of nitrogens with zero attached hydrogens (tertiary/aromatic N) is 4. The van der Waals surface area contributed by atoms with E-state index in [0.717, 1.165) is 10.4 Å². The van der Waals surface area contributed by atoms with Crippen LogP contribution in [0.3, 0.4) is 0 Å². The van der Waals surface area contributed by atoms with E-state index in [1.165, 1.54) is 11.1 Å². The van der Waals surface area contributed by atoms with Gasteiger partial charge in [-0.25, -0.2) is 4.79 Å². The van der Waals surface area contributed by atoms with Crippen LogP contribution in [0.5, 0.6) is 0 Å². The third-order valence-corrected chi connectivity index (χ3v) is 4.42. The van der Waals surface area contributed by atoms with Gasteiger partial charge < -0.3 is 10.1 Å². The molecule has 8 nitrogen and oxygen atoms in total. The lowest BCUT2D eigenvalue weighted by Crippen LogP contribution is -2.31. The number of rotatable bonds is 8. The van der Waals surface area contributed by atoms with Crippen molar-refractivity contribution in [3.8, 4) is 11.4 Å². The predicted molar refractivity (Wildman–Crippen MR) is 107 cm³/mol. The van der Waals surface area contributed by atoms with Gasteiger partial charge in [0.15, 0.2) is 13.2 Å². The van der Waals surface area contributed by atoms with Crippen molar-refractivity contribution in [1.29, 1.82) is 0 Å². The Bertz CT molecular complexity index is 988. The highest BCUT2D eigenvalue weighted by molar-refractivity contribution is 6.30. The number of amides is 1. The highest BCUT2D eigenvalue weighted by Crippen LogP contribution is 2.16. The average Bonchev–Trinajstić information content (AvgIpc) is 3.17. The van der Waals surface area contributed by atoms with Crippen LogP contribution in [0.25, 0.3) is 11.4 Å². The van der Waals surface area contributed by atoms with Gasteiger partial charge in [0.1, 0.15) is 0 Å². The fraction of sp³-hybridized carbons (Fsp3) is 0.250. The molecule has 0 bridgehead atoms. The molecule has 0 radical (unpaired) electrons.